The molecule has 94 valence electrons. The van der Waals surface area contributed by atoms with E-state index in [4.69, 9.17) is 5.73 Å². The average Bonchev–Trinajstić information content (AvgIpc) is 2.83. The average molecular weight is 250 g/mol. The minimum atomic E-state index is 0.410. The van der Waals surface area contributed by atoms with Crippen LogP contribution < -0.4 is 5.73 Å². The number of benzene rings is 1. The number of fused-ring (bicyclic) bond motifs is 1. The third-order valence-electron chi connectivity index (χ3n) is 2.99. The van der Waals surface area contributed by atoms with Crippen LogP contribution in [0.25, 0.3) is 11.7 Å². The fourth-order valence-corrected chi connectivity index (χ4v) is 2.02. The molecule has 3 rings (SSSR count). The van der Waals surface area contributed by atoms with E-state index in [0.29, 0.717) is 5.95 Å². The normalized spacial score (nSPS) is 11.4. The highest BCUT2D eigenvalue weighted by atomic mass is 15.3. The number of hydrogen-bond donors (Lipinski definition) is 1. The molecular weight excluding hydrogens is 236 g/mol. The van der Waals surface area contributed by atoms with Crippen LogP contribution >= 0.6 is 0 Å². The lowest BCUT2D eigenvalue weighted by Crippen LogP contribution is -1.93. The van der Waals surface area contributed by atoms with Crippen LogP contribution in [-0.2, 0) is 6.42 Å². The van der Waals surface area contributed by atoms with Crippen LogP contribution in [-0.4, -0.2) is 14.6 Å². The molecule has 4 nitrogen and oxygen atoms in total. The highest BCUT2D eigenvalue weighted by molar-refractivity contribution is 5.66. The Morgan fingerprint density at radius 2 is 1.89 bits per heavy atom. The summed E-state index contributed by atoms with van der Waals surface area (Å²) in [7, 11) is 0. The van der Waals surface area contributed by atoms with Gasteiger partial charge in [-0.2, -0.15) is 0 Å². The zero-order valence-electron chi connectivity index (χ0n) is 10.4. The van der Waals surface area contributed by atoms with Crippen LogP contribution in [0.2, 0.25) is 0 Å². The summed E-state index contributed by atoms with van der Waals surface area (Å²) < 4.78 is 1.78. The van der Waals surface area contributed by atoms with E-state index in [1.54, 1.807) is 4.40 Å². The van der Waals surface area contributed by atoms with Crippen molar-refractivity contribution >= 4 is 17.7 Å². The summed E-state index contributed by atoms with van der Waals surface area (Å²) in [4.78, 5) is 0. The third-order valence-corrected chi connectivity index (χ3v) is 2.99. The number of nitrogens with two attached hydrogens (primary N) is 1. The molecule has 0 unspecified atom stereocenters. The number of nitrogen functional groups attached to an aromatic ring is 1. The van der Waals surface area contributed by atoms with E-state index in [1.165, 1.54) is 5.56 Å². The number of hydrogen-bond acceptors (Lipinski definition) is 3. The van der Waals surface area contributed by atoms with Crippen molar-refractivity contribution in [3.8, 4) is 0 Å². The highest BCUT2D eigenvalue weighted by Gasteiger charge is 2.03. The van der Waals surface area contributed by atoms with Gasteiger partial charge in [0.15, 0.2) is 5.65 Å². The number of anilines is 1. The molecule has 1 aromatic carbocycles. The van der Waals surface area contributed by atoms with E-state index in [9.17, 15) is 0 Å². The molecule has 0 bridgehead atoms. The van der Waals surface area contributed by atoms with Crippen molar-refractivity contribution in [2.24, 2.45) is 0 Å². The predicted octanol–water partition coefficient (Wildman–Crippen LogP) is 2.57. The summed E-state index contributed by atoms with van der Waals surface area (Å²) in [5.74, 6) is 0.410. The molecular formula is C15H14N4. The van der Waals surface area contributed by atoms with Crippen molar-refractivity contribution in [3.63, 3.8) is 0 Å². The van der Waals surface area contributed by atoms with Gasteiger partial charge in [0.05, 0.1) is 0 Å². The van der Waals surface area contributed by atoms with Gasteiger partial charge in [-0.05, 0) is 24.1 Å². The summed E-state index contributed by atoms with van der Waals surface area (Å²) in [6, 6.07) is 14.3. The Kier molecular flexibility index (Phi) is 2.98. The fraction of sp³-hybridized carbons (Fsp3) is 0.0667. The first-order chi connectivity index (χ1) is 9.34. The second-order valence-corrected chi connectivity index (χ2v) is 4.31. The maximum atomic E-state index is 5.73. The third kappa shape index (κ3) is 2.33. The molecule has 0 radical (unpaired) electrons. The minimum Gasteiger partial charge on any atom is -0.368 e. The second kappa shape index (κ2) is 4.94. The van der Waals surface area contributed by atoms with Gasteiger partial charge in [-0.25, -0.2) is 0 Å². The van der Waals surface area contributed by atoms with Crippen LogP contribution in [0.5, 0.6) is 0 Å². The Hall–Kier alpha value is -2.62. The van der Waals surface area contributed by atoms with Crippen molar-refractivity contribution in [3.05, 3.63) is 65.9 Å². The summed E-state index contributed by atoms with van der Waals surface area (Å²) >= 11 is 0. The molecule has 0 aliphatic rings. The molecule has 19 heavy (non-hydrogen) atoms. The number of pyridine rings is 1. The van der Waals surface area contributed by atoms with Gasteiger partial charge in [0.25, 0.3) is 0 Å². The van der Waals surface area contributed by atoms with Gasteiger partial charge in [0.1, 0.15) is 0 Å². The summed E-state index contributed by atoms with van der Waals surface area (Å²) in [6.45, 7) is 0. The molecule has 0 saturated heterocycles. The quantitative estimate of drug-likeness (QED) is 0.777. The number of rotatable bonds is 3. The van der Waals surface area contributed by atoms with Gasteiger partial charge in [-0.3, -0.25) is 4.40 Å². The Balaban J connectivity index is 1.85. The standard InChI is InChI=1S/C15H14N4/c16-15-18-17-14-13(10-5-11-19(14)15)9-4-8-12-6-2-1-3-7-12/h1-7,9-11H,8H2,(H2,16,18). The maximum absolute atomic E-state index is 5.73. The monoisotopic (exact) mass is 250 g/mol. The predicted molar refractivity (Wildman–Crippen MR) is 76.6 cm³/mol. The fourth-order valence-electron chi connectivity index (χ4n) is 2.02. The van der Waals surface area contributed by atoms with Gasteiger partial charge in [-0.15, -0.1) is 10.2 Å². The van der Waals surface area contributed by atoms with Crippen molar-refractivity contribution in [2.75, 3.05) is 5.73 Å². The minimum absolute atomic E-state index is 0.410. The van der Waals surface area contributed by atoms with Crippen molar-refractivity contribution < 1.29 is 0 Å². The van der Waals surface area contributed by atoms with Crippen molar-refractivity contribution in [1.82, 2.24) is 14.6 Å². The van der Waals surface area contributed by atoms with E-state index < -0.39 is 0 Å². The van der Waals surface area contributed by atoms with Crippen molar-refractivity contribution in [2.45, 2.75) is 6.42 Å². The largest absolute Gasteiger partial charge is 0.368 e. The topological polar surface area (TPSA) is 56.2 Å². The zero-order chi connectivity index (χ0) is 13.1. The molecule has 2 N–H and O–H groups in total. The summed E-state index contributed by atoms with van der Waals surface area (Å²) in [5, 5.41) is 7.96. The van der Waals surface area contributed by atoms with E-state index in [0.717, 1.165) is 17.6 Å². The zero-order valence-corrected chi connectivity index (χ0v) is 10.4. The smallest absolute Gasteiger partial charge is 0.226 e. The van der Waals surface area contributed by atoms with E-state index in [2.05, 4.69) is 34.5 Å². The molecule has 0 aliphatic carbocycles. The molecule has 0 spiro atoms. The lowest BCUT2D eigenvalue weighted by atomic mass is 10.1. The summed E-state index contributed by atoms with van der Waals surface area (Å²) in [6.07, 6.45) is 6.93. The molecule has 0 atom stereocenters. The first-order valence-corrected chi connectivity index (χ1v) is 6.14. The molecule has 2 aromatic heterocycles. The van der Waals surface area contributed by atoms with E-state index in [1.807, 2.05) is 36.5 Å². The van der Waals surface area contributed by atoms with Crippen LogP contribution in [0.1, 0.15) is 11.1 Å². The van der Waals surface area contributed by atoms with Gasteiger partial charge in [-0.1, -0.05) is 42.5 Å². The molecule has 4 heteroatoms. The van der Waals surface area contributed by atoms with Gasteiger partial charge in [0.2, 0.25) is 5.95 Å². The second-order valence-electron chi connectivity index (χ2n) is 4.31. The van der Waals surface area contributed by atoms with Gasteiger partial charge in [0, 0.05) is 11.8 Å². The van der Waals surface area contributed by atoms with E-state index >= 15 is 0 Å². The Morgan fingerprint density at radius 1 is 1.05 bits per heavy atom. The lowest BCUT2D eigenvalue weighted by Gasteiger charge is -1.98. The van der Waals surface area contributed by atoms with Crippen molar-refractivity contribution in [1.29, 1.82) is 0 Å². The molecule has 0 saturated carbocycles. The SMILES string of the molecule is Nc1nnc2c(C=CCc3ccccc3)cccn12. The Morgan fingerprint density at radius 3 is 2.74 bits per heavy atom. The highest BCUT2D eigenvalue weighted by Crippen LogP contribution is 2.13. The first kappa shape index (κ1) is 11.5. The number of aromatic nitrogens is 3. The molecule has 2 heterocycles. The van der Waals surface area contributed by atoms with Gasteiger partial charge >= 0.3 is 0 Å². The van der Waals surface area contributed by atoms with Crippen LogP contribution in [0, 0.1) is 0 Å². The number of nitrogens with zero attached hydrogens (tertiary/aromatic N) is 3. The molecule has 3 aromatic rings. The lowest BCUT2D eigenvalue weighted by molar-refractivity contribution is 1.12. The van der Waals surface area contributed by atoms with Crippen LogP contribution in [0.3, 0.4) is 0 Å². The first-order valence-electron chi connectivity index (χ1n) is 6.14. The van der Waals surface area contributed by atoms with Crippen LogP contribution in [0.4, 0.5) is 5.95 Å². The molecule has 0 aliphatic heterocycles. The number of allylic oxidation sites excluding steroid dienone is 1. The molecule has 0 fully saturated rings. The molecule has 0 amide bonds. The van der Waals surface area contributed by atoms with Gasteiger partial charge < -0.3 is 5.73 Å². The van der Waals surface area contributed by atoms with Crippen LogP contribution in [0.15, 0.2) is 54.7 Å². The Bertz CT molecular complexity index is 713. The summed E-state index contributed by atoms with van der Waals surface area (Å²) in [5.41, 5.74) is 8.81. The Labute approximate surface area is 111 Å². The maximum Gasteiger partial charge on any atom is 0.226 e. The van der Waals surface area contributed by atoms with E-state index in [-0.39, 0.29) is 0 Å².